The number of nitrogens with one attached hydrogen (secondary N) is 1. The molecule has 0 aliphatic carbocycles. The van der Waals surface area contributed by atoms with Gasteiger partial charge in [-0.2, -0.15) is 0 Å². The molecule has 2 heterocycles. The Morgan fingerprint density at radius 1 is 1.24 bits per heavy atom. The number of benzene rings is 2. The Balaban J connectivity index is 1.43. The Bertz CT molecular complexity index is 1100. The molecule has 1 atom stereocenters. The van der Waals surface area contributed by atoms with Gasteiger partial charge < -0.3 is 19.4 Å². The minimum atomic E-state index is 0.0839. The van der Waals surface area contributed by atoms with Crippen LogP contribution in [0.3, 0.4) is 0 Å². The summed E-state index contributed by atoms with van der Waals surface area (Å²) in [5, 5.41) is 11.7. The monoisotopic (exact) mass is 469 g/mol. The van der Waals surface area contributed by atoms with E-state index >= 15 is 0 Å². The fourth-order valence-corrected chi connectivity index (χ4v) is 4.34. The van der Waals surface area contributed by atoms with E-state index in [1.165, 1.54) is 0 Å². The van der Waals surface area contributed by atoms with Crippen LogP contribution in [0.25, 0.3) is 0 Å². The second kappa shape index (κ2) is 10.3. The molecule has 4 rings (SSSR count). The van der Waals surface area contributed by atoms with Crippen LogP contribution in [-0.4, -0.2) is 58.7 Å². The number of carbonyl (C=O) groups excluding carboxylic acids is 1. The van der Waals surface area contributed by atoms with Gasteiger partial charge in [-0.15, -0.1) is 5.10 Å². The largest absolute Gasteiger partial charge is 0.405 e. The van der Waals surface area contributed by atoms with Gasteiger partial charge in [0.05, 0.1) is 0 Å². The zero-order valence-electron chi connectivity index (χ0n) is 19.0. The summed E-state index contributed by atoms with van der Waals surface area (Å²) in [7, 11) is 1.57. The quantitative estimate of drug-likeness (QED) is 0.553. The normalized spacial score (nSPS) is 16.7. The highest BCUT2D eigenvalue weighted by Gasteiger charge is 2.28. The van der Waals surface area contributed by atoms with Gasteiger partial charge in [0, 0.05) is 55.6 Å². The number of carbonyl (C=O) groups is 1. The first-order valence-electron chi connectivity index (χ1n) is 10.9. The van der Waals surface area contributed by atoms with Crippen molar-refractivity contribution >= 4 is 29.2 Å². The summed E-state index contributed by atoms with van der Waals surface area (Å²) in [6.45, 7) is 7.39. The maximum Gasteiger partial charge on any atom is 0.320 e. The van der Waals surface area contributed by atoms with Gasteiger partial charge in [-0.3, -0.25) is 9.69 Å². The van der Waals surface area contributed by atoms with Crippen molar-refractivity contribution in [3.8, 4) is 0 Å². The smallest absolute Gasteiger partial charge is 0.320 e. The highest BCUT2D eigenvalue weighted by Crippen LogP contribution is 2.29. The number of amides is 1. The number of hydrogen-bond acceptors (Lipinski definition) is 7. The Morgan fingerprint density at radius 2 is 2.03 bits per heavy atom. The molecule has 8 nitrogen and oxygen atoms in total. The van der Waals surface area contributed by atoms with Gasteiger partial charge in [0.15, 0.2) is 0 Å². The molecular weight excluding hydrogens is 442 g/mol. The third-order valence-corrected chi connectivity index (χ3v) is 6.06. The molecule has 2 aromatic carbocycles. The molecule has 0 unspecified atom stereocenters. The van der Waals surface area contributed by atoms with Crippen LogP contribution in [0.2, 0.25) is 5.02 Å². The molecule has 1 N–H and O–H groups in total. The lowest BCUT2D eigenvalue weighted by Gasteiger charge is -2.40. The molecule has 1 aliphatic rings. The van der Waals surface area contributed by atoms with Crippen molar-refractivity contribution in [2.24, 2.45) is 0 Å². The number of anilines is 2. The second-order valence-electron chi connectivity index (χ2n) is 8.25. The van der Waals surface area contributed by atoms with Crippen LogP contribution in [-0.2, 0) is 17.9 Å². The van der Waals surface area contributed by atoms with Crippen LogP contribution >= 0.6 is 11.6 Å². The number of methoxy groups -OCH3 is 1. The van der Waals surface area contributed by atoms with E-state index in [1.54, 1.807) is 7.11 Å². The summed E-state index contributed by atoms with van der Waals surface area (Å²) in [6.07, 6.45) is 0. The summed E-state index contributed by atoms with van der Waals surface area (Å²) in [5.74, 6) is 0.484. The zero-order valence-corrected chi connectivity index (χ0v) is 19.8. The molecule has 9 heteroatoms. The standard InChI is InChI=1S/C24H28ClN5O3/c1-16-13-29(9-10-30(16)23(31)18-7-5-4-6-8-18)14-19-11-20(25)12-21(17(19)2)26-24-28-27-22(33-24)15-32-3/h4-8,11-12,16H,9-10,13-15H2,1-3H3,(H,26,28)/t16-/m0/s1. The van der Waals surface area contributed by atoms with Crippen LogP contribution < -0.4 is 5.32 Å². The lowest BCUT2D eigenvalue weighted by atomic mass is 10.0. The highest BCUT2D eigenvalue weighted by atomic mass is 35.5. The van der Waals surface area contributed by atoms with Crippen molar-refractivity contribution in [2.45, 2.75) is 33.0 Å². The molecule has 1 aliphatic heterocycles. The van der Waals surface area contributed by atoms with Gasteiger partial charge >= 0.3 is 6.01 Å². The van der Waals surface area contributed by atoms with E-state index in [2.05, 4.69) is 27.3 Å². The first-order valence-corrected chi connectivity index (χ1v) is 11.3. The average Bonchev–Trinajstić information content (AvgIpc) is 3.24. The number of nitrogens with zero attached hydrogens (tertiary/aromatic N) is 4. The predicted octanol–water partition coefficient (Wildman–Crippen LogP) is 4.27. The molecule has 1 fully saturated rings. The van der Waals surface area contributed by atoms with Crippen LogP contribution in [0.1, 0.15) is 34.3 Å². The van der Waals surface area contributed by atoms with Crippen LogP contribution in [0, 0.1) is 6.92 Å². The Labute approximate surface area is 198 Å². The first-order chi connectivity index (χ1) is 15.9. The van der Waals surface area contributed by atoms with Gasteiger partial charge in [0.2, 0.25) is 5.89 Å². The Hall–Kier alpha value is -2.94. The Kier molecular flexibility index (Phi) is 7.27. The summed E-state index contributed by atoms with van der Waals surface area (Å²) in [5.41, 5.74) is 3.71. The number of ether oxygens (including phenoxy) is 1. The predicted molar refractivity (Wildman–Crippen MR) is 127 cm³/mol. The van der Waals surface area contributed by atoms with Crippen molar-refractivity contribution < 1.29 is 13.9 Å². The molecule has 1 amide bonds. The minimum Gasteiger partial charge on any atom is -0.405 e. The van der Waals surface area contributed by atoms with Gasteiger partial charge in [-0.1, -0.05) is 34.9 Å². The lowest BCUT2D eigenvalue weighted by Crippen LogP contribution is -2.53. The molecule has 0 radical (unpaired) electrons. The van der Waals surface area contributed by atoms with Gasteiger partial charge in [0.1, 0.15) is 6.61 Å². The third-order valence-electron chi connectivity index (χ3n) is 5.84. The van der Waals surface area contributed by atoms with Gasteiger partial charge in [-0.25, -0.2) is 0 Å². The first kappa shape index (κ1) is 23.2. The fourth-order valence-electron chi connectivity index (χ4n) is 4.10. The SMILES string of the molecule is COCc1nnc(Nc2cc(Cl)cc(CN3CCN(C(=O)c4ccccc4)[C@@H](C)C3)c2C)o1. The molecule has 1 aromatic heterocycles. The highest BCUT2D eigenvalue weighted by molar-refractivity contribution is 6.31. The molecular formula is C24H28ClN5O3. The molecule has 174 valence electrons. The third kappa shape index (κ3) is 5.52. The number of halogens is 1. The maximum absolute atomic E-state index is 12.9. The summed E-state index contributed by atoms with van der Waals surface area (Å²) in [4.78, 5) is 17.2. The van der Waals surface area contributed by atoms with Crippen molar-refractivity contribution in [2.75, 3.05) is 32.1 Å². The molecule has 1 saturated heterocycles. The van der Waals surface area contributed by atoms with E-state index in [1.807, 2.05) is 54.3 Å². The molecule has 0 saturated carbocycles. The summed E-state index contributed by atoms with van der Waals surface area (Å²) in [6, 6.07) is 13.7. The minimum absolute atomic E-state index is 0.0839. The van der Waals surface area contributed by atoms with Crippen molar-refractivity contribution in [3.05, 3.63) is 70.1 Å². The van der Waals surface area contributed by atoms with Crippen LogP contribution in [0.15, 0.2) is 46.9 Å². The molecule has 3 aromatic rings. The van der Waals surface area contributed by atoms with E-state index in [9.17, 15) is 4.79 Å². The lowest BCUT2D eigenvalue weighted by molar-refractivity contribution is 0.0475. The topological polar surface area (TPSA) is 83.7 Å². The van der Waals surface area contributed by atoms with E-state index < -0.39 is 0 Å². The van der Waals surface area contributed by atoms with Crippen LogP contribution in [0.4, 0.5) is 11.7 Å². The van der Waals surface area contributed by atoms with E-state index in [0.29, 0.717) is 23.5 Å². The van der Waals surface area contributed by atoms with E-state index in [4.69, 9.17) is 20.8 Å². The number of piperazine rings is 1. The molecule has 33 heavy (non-hydrogen) atoms. The Morgan fingerprint density at radius 3 is 2.76 bits per heavy atom. The van der Waals surface area contributed by atoms with Crippen molar-refractivity contribution in [3.63, 3.8) is 0 Å². The van der Waals surface area contributed by atoms with E-state index in [-0.39, 0.29) is 18.6 Å². The summed E-state index contributed by atoms with van der Waals surface area (Å²) >= 11 is 6.42. The van der Waals surface area contributed by atoms with Crippen LogP contribution in [0.5, 0.6) is 0 Å². The number of hydrogen-bond donors (Lipinski definition) is 1. The zero-order chi connectivity index (χ0) is 23.4. The summed E-state index contributed by atoms with van der Waals surface area (Å²) < 4.78 is 10.6. The average molecular weight is 470 g/mol. The van der Waals surface area contributed by atoms with Gasteiger partial charge in [-0.05, 0) is 49.2 Å². The molecule has 0 spiro atoms. The van der Waals surface area contributed by atoms with Crippen molar-refractivity contribution in [1.82, 2.24) is 20.0 Å². The number of rotatable bonds is 7. The van der Waals surface area contributed by atoms with E-state index in [0.717, 1.165) is 42.0 Å². The van der Waals surface area contributed by atoms with Gasteiger partial charge in [0.25, 0.3) is 5.91 Å². The second-order valence-corrected chi connectivity index (χ2v) is 8.68. The molecule has 0 bridgehead atoms. The fraction of sp³-hybridized carbons (Fsp3) is 0.375. The maximum atomic E-state index is 12.9. The number of aromatic nitrogens is 2. The van der Waals surface area contributed by atoms with Crippen molar-refractivity contribution in [1.29, 1.82) is 0 Å².